The second kappa shape index (κ2) is 7.29. The Kier molecular flexibility index (Phi) is 6.37. The molecular formula is C14H30N2. The fraction of sp³-hybridized carbons (Fsp3) is 1.00. The van der Waals surface area contributed by atoms with E-state index in [1.807, 2.05) is 7.05 Å². The van der Waals surface area contributed by atoms with Gasteiger partial charge < -0.3 is 10.2 Å². The first kappa shape index (κ1) is 14.0. The summed E-state index contributed by atoms with van der Waals surface area (Å²) >= 11 is 0. The first-order valence-electron chi connectivity index (χ1n) is 7.00. The molecule has 0 bridgehead atoms. The van der Waals surface area contributed by atoms with E-state index < -0.39 is 0 Å². The van der Waals surface area contributed by atoms with E-state index >= 15 is 0 Å². The summed E-state index contributed by atoms with van der Waals surface area (Å²) in [4.78, 5) is 2.55. The fourth-order valence-corrected chi connectivity index (χ4v) is 2.89. The smallest absolute Gasteiger partial charge is 0.0107 e. The van der Waals surface area contributed by atoms with Crippen molar-refractivity contribution in [1.29, 1.82) is 0 Å². The van der Waals surface area contributed by atoms with Crippen molar-refractivity contribution in [3.8, 4) is 0 Å². The Morgan fingerprint density at radius 2 is 1.94 bits per heavy atom. The third-order valence-electron chi connectivity index (χ3n) is 4.26. The van der Waals surface area contributed by atoms with Gasteiger partial charge in [0.25, 0.3) is 0 Å². The summed E-state index contributed by atoms with van der Waals surface area (Å²) in [5, 5.41) is 3.24. The van der Waals surface area contributed by atoms with Gasteiger partial charge >= 0.3 is 0 Å². The molecule has 0 spiro atoms. The highest BCUT2D eigenvalue weighted by molar-refractivity contribution is 4.77. The quantitative estimate of drug-likeness (QED) is 0.725. The maximum Gasteiger partial charge on any atom is 0.0107 e. The molecule has 0 saturated heterocycles. The summed E-state index contributed by atoms with van der Waals surface area (Å²) in [6.07, 6.45) is 7.13. The first-order valence-corrected chi connectivity index (χ1v) is 7.00. The van der Waals surface area contributed by atoms with Crippen LogP contribution in [-0.2, 0) is 0 Å². The van der Waals surface area contributed by atoms with Gasteiger partial charge in [0, 0.05) is 19.1 Å². The minimum Gasteiger partial charge on any atom is -0.318 e. The Morgan fingerprint density at radius 1 is 1.19 bits per heavy atom. The van der Waals surface area contributed by atoms with E-state index in [1.54, 1.807) is 0 Å². The zero-order valence-corrected chi connectivity index (χ0v) is 11.6. The maximum absolute atomic E-state index is 3.24. The van der Waals surface area contributed by atoms with Crippen LogP contribution in [0.2, 0.25) is 0 Å². The molecule has 1 fully saturated rings. The molecule has 0 heterocycles. The van der Waals surface area contributed by atoms with Crippen LogP contribution in [0.25, 0.3) is 0 Å². The zero-order valence-electron chi connectivity index (χ0n) is 11.6. The lowest BCUT2D eigenvalue weighted by Crippen LogP contribution is -2.36. The van der Waals surface area contributed by atoms with Gasteiger partial charge in [-0.2, -0.15) is 0 Å². The molecule has 0 aromatic heterocycles. The number of rotatable bonds is 5. The highest BCUT2D eigenvalue weighted by atomic mass is 15.1. The number of likely N-dealkylation sites (N-methyl/N-ethyl adjacent to an activating group) is 2. The Balaban J connectivity index is 2.34. The van der Waals surface area contributed by atoms with Crippen molar-refractivity contribution in [2.75, 3.05) is 27.2 Å². The topological polar surface area (TPSA) is 15.3 Å². The van der Waals surface area contributed by atoms with E-state index in [4.69, 9.17) is 0 Å². The molecule has 0 radical (unpaired) electrons. The molecule has 16 heavy (non-hydrogen) atoms. The molecule has 0 aromatic carbocycles. The minimum atomic E-state index is 0.831. The van der Waals surface area contributed by atoms with Gasteiger partial charge in [0.15, 0.2) is 0 Å². The lowest BCUT2D eigenvalue weighted by atomic mass is 9.89. The molecule has 1 N–H and O–H groups in total. The molecule has 0 aliphatic heterocycles. The molecule has 1 rings (SSSR count). The highest BCUT2D eigenvalue weighted by Gasteiger charge is 2.22. The average molecular weight is 226 g/mol. The number of hydrogen-bond acceptors (Lipinski definition) is 2. The zero-order chi connectivity index (χ0) is 12.0. The van der Waals surface area contributed by atoms with Crippen molar-refractivity contribution in [1.82, 2.24) is 10.2 Å². The fourth-order valence-electron chi connectivity index (χ4n) is 2.89. The molecule has 1 aliphatic rings. The standard InChI is InChI=1S/C14H30N2/c1-12(2)13-6-5-7-14(9-8-13)16(4)11-10-15-3/h12-15H,5-11H2,1-4H3. The summed E-state index contributed by atoms with van der Waals surface area (Å²) < 4.78 is 0. The molecule has 2 unspecified atom stereocenters. The molecule has 0 aromatic rings. The van der Waals surface area contributed by atoms with Crippen LogP contribution < -0.4 is 5.32 Å². The lowest BCUT2D eigenvalue weighted by Gasteiger charge is -2.27. The van der Waals surface area contributed by atoms with Gasteiger partial charge in [0.05, 0.1) is 0 Å². The largest absolute Gasteiger partial charge is 0.318 e. The molecule has 2 heteroatoms. The Morgan fingerprint density at radius 3 is 2.56 bits per heavy atom. The van der Waals surface area contributed by atoms with Gasteiger partial charge in [-0.05, 0) is 45.2 Å². The van der Waals surface area contributed by atoms with E-state index in [9.17, 15) is 0 Å². The van der Waals surface area contributed by atoms with Crippen molar-refractivity contribution in [2.24, 2.45) is 11.8 Å². The van der Waals surface area contributed by atoms with E-state index in [-0.39, 0.29) is 0 Å². The van der Waals surface area contributed by atoms with Gasteiger partial charge in [-0.1, -0.05) is 26.7 Å². The predicted molar refractivity (Wildman–Crippen MR) is 71.8 cm³/mol. The van der Waals surface area contributed by atoms with Crippen LogP contribution in [0.1, 0.15) is 46.0 Å². The van der Waals surface area contributed by atoms with E-state index in [0.29, 0.717) is 0 Å². The average Bonchev–Trinajstić information content (AvgIpc) is 2.51. The normalized spacial score (nSPS) is 27.4. The second-order valence-electron chi connectivity index (χ2n) is 5.75. The number of hydrogen-bond donors (Lipinski definition) is 1. The highest BCUT2D eigenvalue weighted by Crippen LogP contribution is 2.30. The second-order valence-corrected chi connectivity index (χ2v) is 5.75. The Hall–Kier alpha value is -0.0800. The third kappa shape index (κ3) is 4.42. The Labute approximate surface area is 102 Å². The first-order chi connectivity index (χ1) is 7.65. The Bertz CT molecular complexity index is 180. The monoisotopic (exact) mass is 226 g/mol. The molecule has 96 valence electrons. The van der Waals surface area contributed by atoms with E-state index in [1.165, 1.54) is 38.6 Å². The van der Waals surface area contributed by atoms with Crippen LogP contribution in [0.4, 0.5) is 0 Å². The molecule has 1 saturated carbocycles. The van der Waals surface area contributed by atoms with E-state index in [0.717, 1.165) is 24.4 Å². The minimum absolute atomic E-state index is 0.831. The molecule has 2 atom stereocenters. The molecular weight excluding hydrogens is 196 g/mol. The molecule has 2 nitrogen and oxygen atoms in total. The van der Waals surface area contributed by atoms with Gasteiger partial charge in [0.2, 0.25) is 0 Å². The summed E-state index contributed by atoms with van der Waals surface area (Å²) in [6.45, 7) is 7.07. The van der Waals surface area contributed by atoms with Gasteiger partial charge in [-0.25, -0.2) is 0 Å². The van der Waals surface area contributed by atoms with Crippen molar-refractivity contribution in [3.63, 3.8) is 0 Å². The number of nitrogens with one attached hydrogen (secondary N) is 1. The lowest BCUT2D eigenvalue weighted by molar-refractivity contribution is 0.218. The van der Waals surface area contributed by atoms with Gasteiger partial charge in [0.1, 0.15) is 0 Å². The summed E-state index contributed by atoms with van der Waals surface area (Å²) in [5.41, 5.74) is 0. The predicted octanol–water partition coefficient (Wildman–Crippen LogP) is 2.74. The van der Waals surface area contributed by atoms with Crippen LogP contribution >= 0.6 is 0 Å². The number of nitrogens with zero attached hydrogens (tertiary/aromatic N) is 1. The van der Waals surface area contributed by atoms with Gasteiger partial charge in [-0.3, -0.25) is 0 Å². The van der Waals surface area contributed by atoms with Crippen molar-refractivity contribution >= 4 is 0 Å². The van der Waals surface area contributed by atoms with E-state index in [2.05, 4.69) is 31.1 Å². The van der Waals surface area contributed by atoms with Crippen LogP contribution in [0.5, 0.6) is 0 Å². The molecule has 1 aliphatic carbocycles. The summed E-state index contributed by atoms with van der Waals surface area (Å²) in [6, 6.07) is 0.831. The van der Waals surface area contributed by atoms with Crippen LogP contribution in [0.15, 0.2) is 0 Å². The van der Waals surface area contributed by atoms with Crippen LogP contribution in [-0.4, -0.2) is 38.1 Å². The van der Waals surface area contributed by atoms with Gasteiger partial charge in [-0.15, -0.1) is 0 Å². The van der Waals surface area contributed by atoms with Crippen molar-refractivity contribution in [2.45, 2.75) is 52.0 Å². The SMILES string of the molecule is CNCCN(C)C1CCCC(C(C)C)CC1. The third-order valence-corrected chi connectivity index (χ3v) is 4.26. The van der Waals surface area contributed by atoms with Crippen molar-refractivity contribution < 1.29 is 0 Å². The van der Waals surface area contributed by atoms with Crippen molar-refractivity contribution in [3.05, 3.63) is 0 Å². The molecule has 0 amide bonds. The maximum atomic E-state index is 3.24. The summed E-state index contributed by atoms with van der Waals surface area (Å²) in [5.74, 6) is 1.85. The van der Waals surface area contributed by atoms with Crippen LogP contribution in [0.3, 0.4) is 0 Å². The summed E-state index contributed by atoms with van der Waals surface area (Å²) in [7, 11) is 4.33. The van der Waals surface area contributed by atoms with Crippen LogP contribution in [0, 0.1) is 11.8 Å².